The van der Waals surface area contributed by atoms with Gasteiger partial charge in [0.05, 0.1) is 0 Å². The van der Waals surface area contributed by atoms with Crippen LogP contribution >= 0.6 is 24.0 Å². The van der Waals surface area contributed by atoms with E-state index in [9.17, 15) is 4.79 Å². The number of carbonyl (C=O) groups excluding carboxylic acids is 1. The maximum Gasteiger partial charge on any atom is 0.225 e. The highest BCUT2D eigenvalue weighted by molar-refractivity contribution is 14.0. The lowest BCUT2D eigenvalue weighted by atomic mass is 9.79. The molecule has 3 N–H and O–H groups in total. The van der Waals surface area contributed by atoms with Gasteiger partial charge in [0.25, 0.3) is 0 Å². The van der Waals surface area contributed by atoms with Gasteiger partial charge in [-0.3, -0.25) is 14.7 Å². The predicted molar refractivity (Wildman–Crippen MR) is 138 cm³/mol. The van der Waals surface area contributed by atoms with Crippen molar-refractivity contribution in [2.45, 2.75) is 69.2 Å². The third kappa shape index (κ3) is 5.92. The zero-order valence-corrected chi connectivity index (χ0v) is 21.1. The van der Waals surface area contributed by atoms with E-state index >= 15 is 0 Å². The number of halogens is 1. The lowest BCUT2D eigenvalue weighted by molar-refractivity contribution is -0.116. The number of anilines is 1. The number of fused-ring (bicyclic) bond motifs is 1. The molecular formula is C24H38IN5O. The summed E-state index contributed by atoms with van der Waals surface area (Å²) in [5.74, 6) is 1.11. The first-order valence-corrected chi connectivity index (χ1v) is 11.8. The Kier molecular flexibility index (Phi) is 9.01. The zero-order valence-electron chi connectivity index (χ0n) is 18.8. The summed E-state index contributed by atoms with van der Waals surface area (Å²) in [6, 6.07) is 8.12. The number of hydrogen-bond donors (Lipinski definition) is 3. The Bertz CT molecular complexity index is 756. The summed E-state index contributed by atoms with van der Waals surface area (Å²) >= 11 is 0. The molecule has 1 aromatic rings. The van der Waals surface area contributed by atoms with Crippen LogP contribution in [0.2, 0.25) is 0 Å². The third-order valence-electron chi connectivity index (χ3n) is 7.24. The monoisotopic (exact) mass is 539 g/mol. The summed E-state index contributed by atoms with van der Waals surface area (Å²) in [4.78, 5) is 19.4. The summed E-state index contributed by atoms with van der Waals surface area (Å²) < 4.78 is 0. The lowest BCUT2D eigenvalue weighted by Crippen LogP contribution is -2.59. The highest BCUT2D eigenvalue weighted by atomic mass is 127. The third-order valence-corrected chi connectivity index (χ3v) is 7.24. The number of guanidine groups is 1. The Morgan fingerprint density at radius 1 is 1.10 bits per heavy atom. The quantitative estimate of drug-likeness (QED) is 0.300. The molecule has 31 heavy (non-hydrogen) atoms. The van der Waals surface area contributed by atoms with Crippen LogP contribution < -0.4 is 16.0 Å². The maximum absolute atomic E-state index is 12.1. The van der Waals surface area contributed by atoms with Crippen molar-refractivity contribution in [3.8, 4) is 0 Å². The van der Waals surface area contributed by atoms with E-state index in [-0.39, 0.29) is 41.3 Å². The van der Waals surface area contributed by atoms with E-state index in [4.69, 9.17) is 0 Å². The molecule has 1 saturated carbocycles. The van der Waals surface area contributed by atoms with Gasteiger partial charge in [0.1, 0.15) is 0 Å². The number of benzene rings is 1. The molecule has 0 radical (unpaired) electrons. The number of piperidine rings is 1. The molecule has 2 heterocycles. The first-order valence-electron chi connectivity index (χ1n) is 11.8. The van der Waals surface area contributed by atoms with Crippen molar-refractivity contribution in [2.24, 2.45) is 4.99 Å². The molecule has 0 aromatic heterocycles. The van der Waals surface area contributed by atoms with Crippen LogP contribution in [0, 0.1) is 0 Å². The second-order valence-electron chi connectivity index (χ2n) is 9.18. The molecule has 4 rings (SSSR count). The summed E-state index contributed by atoms with van der Waals surface area (Å²) in [6.07, 6.45) is 11.1. The van der Waals surface area contributed by atoms with Crippen molar-refractivity contribution in [1.29, 1.82) is 0 Å². The van der Waals surface area contributed by atoms with E-state index in [1.807, 2.05) is 25.2 Å². The molecule has 6 nitrogen and oxygen atoms in total. The highest BCUT2D eigenvalue weighted by Crippen LogP contribution is 2.35. The van der Waals surface area contributed by atoms with Crippen LogP contribution in [-0.2, 0) is 4.79 Å². The minimum atomic E-state index is 0. The van der Waals surface area contributed by atoms with Crippen LogP contribution in [-0.4, -0.2) is 55.5 Å². The molecule has 172 valence electrons. The molecule has 2 aliphatic heterocycles. The van der Waals surface area contributed by atoms with Gasteiger partial charge in [-0.2, -0.15) is 0 Å². The molecular weight excluding hydrogens is 501 g/mol. The van der Waals surface area contributed by atoms with Crippen LogP contribution in [0.3, 0.4) is 0 Å². The topological polar surface area (TPSA) is 68.8 Å². The first-order chi connectivity index (χ1) is 14.7. The van der Waals surface area contributed by atoms with Gasteiger partial charge in [-0.1, -0.05) is 43.9 Å². The highest BCUT2D eigenvalue weighted by Gasteiger charge is 2.38. The van der Waals surface area contributed by atoms with Crippen molar-refractivity contribution in [2.75, 3.05) is 38.5 Å². The Hall–Kier alpha value is -1.35. The minimum absolute atomic E-state index is 0. The molecule has 7 heteroatoms. The lowest BCUT2D eigenvalue weighted by Gasteiger charge is -2.48. The Morgan fingerprint density at radius 3 is 2.55 bits per heavy atom. The maximum atomic E-state index is 12.1. The van der Waals surface area contributed by atoms with Crippen molar-refractivity contribution in [3.05, 3.63) is 29.8 Å². The Balaban J connectivity index is 0.00000272. The van der Waals surface area contributed by atoms with Crippen LogP contribution in [0.4, 0.5) is 5.69 Å². The molecule has 1 aliphatic carbocycles. The molecule has 0 spiro atoms. The molecule has 3 aliphatic rings. The zero-order chi connectivity index (χ0) is 20.8. The van der Waals surface area contributed by atoms with E-state index < -0.39 is 0 Å². The number of rotatable bonds is 5. The van der Waals surface area contributed by atoms with Crippen LogP contribution in [0.1, 0.15) is 69.3 Å². The van der Waals surface area contributed by atoms with Crippen LogP contribution in [0.5, 0.6) is 0 Å². The fraction of sp³-hybridized carbons (Fsp3) is 0.667. The Labute approximate surface area is 204 Å². The van der Waals surface area contributed by atoms with Gasteiger partial charge in [0.2, 0.25) is 5.91 Å². The summed E-state index contributed by atoms with van der Waals surface area (Å²) in [6.45, 7) is 4.14. The average Bonchev–Trinajstić information content (AvgIpc) is 2.80. The van der Waals surface area contributed by atoms with E-state index in [2.05, 4.69) is 31.9 Å². The minimum Gasteiger partial charge on any atom is -0.356 e. The van der Waals surface area contributed by atoms with Crippen molar-refractivity contribution < 1.29 is 4.79 Å². The van der Waals surface area contributed by atoms with E-state index in [0.29, 0.717) is 13.0 Å². The number of hydrogen-bond acceptors (Lipinski definition) is 3. The predicted octanol–water partition coefficient (Wildman–Crippen LogP) is 4.08. The number of aliphatic imine (C=N–C) groups is 1. The summed E-state index contributed by atoms with van der Waals surface area (Å²) in [5, 5.41) is 10.1. The average molecular weight is 540 g/mol. The van der Waals surface area contributed by atoms with E-state index in [1.54, 1.807) is 0 Å². The van der Waals surface area contributed by atoms with Crippen LogP contribution in [0.25, 0.3) is 0 Å². The van der Waals surface area contributed by atoms with Crippen LogP contribution in [0.15, 0.2) is 29.3 Å². The largest absolute Gasteiger partial charge is 0.356 e. The van der Waals surface area contributed by atoms with Gasteiger partial charge in [-0.05, 0) is 50.4 Å². The van der Waals surface area contributed by atoms with Crippen molar-refractivity contribution in [1.82, 2.24) is 15.5 Å². The van der Waals surface area contributed by atoms with E-state index in [0.717, 1.165) is 18.2 Å². The summed E-state index contributed by atoms with van der Waals surface area (Å²) in [7, 11) is 1.84. The molecule has 1 aromatic carbocycles. The normalized spacial score (nSPS) is 23.8. The van der Waals surface area contributed by atoms with Gasteiger partial charge >= 0.3 is 0 Å². The first kappa shape index (κ1) is 24.3. The fourth-order valence-corrected chi connectivity index (χ4v) is 5.56. The number of nitrogens with one attached hydrogen (secondary N) is 3. The van der Waals surface area contributed by atoms with Crippen molar-refractivity contribution >= 4 is 41.5 Å². The molecule has 1 atom stereocenters. The Morgan fingerprint density at radius 2 is 1.81 bits per heavy atom. The second kappa shape index (κ2) is 11.5. The van der Waals surface area contributed by atoms with E-state index in [1.165, 1.54) is 70.0 Å². The number of amides is 1. The second-order valence-corrected chi connectivity index (χ2v) is 9.18. The van der Waals surface area contributed by atoms with Gasteiger partial charge in [0, 0.05) is 43.7 Å². The fourth-order valence-electron chi connectivity index (χ4n) is 5.56. The van der Waals surface area contributed by atoms with Crippen molar-refractivity contribution in [3.63, 3.8) is 0 Å². The molecule has 1 unspecified atom stereocenters. The van der Waals surface area contributed by atoms with Gasteiger partial charge in [-0.15, -0.1) is 24.0 Å². The number of likely N-dealkylation sites (tertiary alicyclic amines) is 1. The molecule has 2 fully saturated rings. The standard InChI is InChI=1S/C24H37N5O.HI/c1-25-23(26-17-19-16-22(30)28-21-11-5-4-10-20(19)21)27-18-24(12-6-2-7-13-24)29-14-8-3-9-15-29;/h4-5,10-11,19H,2-3,6-9,12-18H2,1H3,(H,28,30)(H2,25,26,27);1H. The van der Waals surface area contributed by atoms with Gasteiger partial charge in [-0.25, -0.2) is 0 Å². The number of nitrogens with zero attached hydrogens (tertiary/aromatic N) is 2. The van der Waals surface area contributed by atoms with Gasteiger partial charge < -0.3 is 16.0 Å². The number of para-hydroxylation sites is 1. The molecule has 1 amide bonds. The molecule has 1 saturated heterocycles. The van der Waals surface area contributed by atoms with Gasteiger partial charge in [0.15, 0.2) is 5.96 Å². The number of carbonyl (C=O) groups is 1. The molecule has 0 bridgehead atoms. The smallest absolute Gasteiger partial charge is 0.225 e. The summed E-state index contributed by atoms with van der Waals surface area (Å²) in [5.41, 5.74) is 2.42. The SMILES string of the molecule is CN=C(NCC1CC(=O)Nc2ccccc21)NCC1(N2CCCCC2)CCCCC1.I.